The number of primary amides is 1. The van der Waals surface area contributed by atoms with Gasteiger partial charge in [-0.1, -0.05) is 29.8 Å². The van der Waals surface area contributed by atoms with Crippen LogP contribution in [0.2, 0.25) is 0 Å². The summed E-state index contributed by atoms with van der Waals surface area (Å²) in [6, 6.07) is 8.48. The minimum atomic E-state index is -0.485. The Morgan fingerprint density at radius 3 is 2.27 bits per heavy atom. The summed E-state index contributed by atoms with van der Waals surface area (Å²) in [6.45, 7) is 2.12. The Bertz CT molecular complexity index is 595. The fraction of sp³-hybridized carbons (Fsp3) is 0.611. The number of amides is 2. The number of hydrogen-bond donors (Lipinski definition) is 2. The molecule has 0 radical (unpaired) electrons. The second-order valence-electron chi connectivity index (χ2n) is 8.04. The summed E-state index contributed by atoms with van der Waals surface area (Å²) >= 11 is 0. The number of benzene rings is 1. The average molecular weight is 299 g/mol. The van der Waals surface area contributed by atoms with E-state index >= 15 is 0 Å². The molecular formula is C18H25N3O. The van der Waals surface area contributed by atoms with Crippen LogP contribution >= 0.6 is 0 Å². The molecule has 0 heterocycles. The van der Waals surface area contributed by atoms with Crippen LogP contribution in [0.4, 0.5) is 4.79 Å². The van der Waals surface area contributed by atoms with Gasteiger partial charge in [-0.2, -0.15) is 0 Å². The topological polar surface area (TPSA) is 72.3 Å². The summed E-state index contributed by atoms with van der Waals surface area (Å²) in [5.41, 5.74) is 8.20. The van der Waals surface area contributed by atoms with Gasteiger partial charge >= 0.3 is 6.03 Å². The van der Waals surface area contributed by atoms with Crippen molar-refractivity contribution in [3.63, 3.8) is 0 Å². The lowest BCUT2D eigenvalue weighted by Gasteiger charge is -2.64. The standard InChI is InChI=1S/C18H25N3O/c1-12-2-4-15(5-3-12)17-7-13-6-14(8-17)10-18(9-13,11-17)21(20)16(19)22/h2-5,13-14H,6-11,20H2,1H3,(H2,19,22). The van der Waals surface area contributed by atoms with Gasteiger partial charge in [-0.15, -0.1) is 0 Å². The quantitative estimate of drug-likeness (QED) is 0.501. The number of hydrogen-bond acceptors (Lipinski definition) is 2. The molecule has 4 saturated carbocycles. The van der Waals surface area contributed by atoms with Gasteiger partial charge < -0.3 is 5.73 Å². The molecule has 0 aliphatic heterocycles. The zero-order valence-corrected chi connectivity index (χ0v) is 13.2. The Labute approximate surface area is 131 Å². The summed E-state index contributed by atoms with van der Waals surface area (Å²) < 4.78 is 0. The van der Waals surface area contributed by atoms with Crippen molar-refractivity contribution in [2.45, 2.75) is 56.4 Å². The first-order valence-corrected chi connectivity index (χ1v) is 8.34. The zero-order valence-electron chi connectivity index (χ0n) is 13.2. The molecule has 5 rings (SSSR count). The second-order valence-corrected chi connectivity index (χ2v) is 8.04. The molecule has 4 heteroatoms. The largest absolute Gasteiger partial charge is 0.350 e. The number of aryl methyl sites for hydroxylation is 1. The Morgan fingerprint density at radius 1 is 1.14 bits per heavy atom. The van der Waals surface area contributed by atoms with E-state index < -0.39 is 6.03 Å². The van der Waals surface area contributed by atoms with E-state index in [9.17, 15) is 4.79 Å². The van der Waals surface area contributed by atoms with Crippen LogP contribution in [0, 0.1) is 18.8 Å². The summed E-state index contributed by atoms with van der Waals surface area (Å²) in [5, 5.41) is 1.37. The summed E-state index contributed by atoms with van der Waals surface area (Å²) in [7, 11) is 0. The van der Waals surface area contributed by atoms with E-state index in [4.69, 9.17) is 11.6 Å². The van der Waals surface area contributed by atoms with E-state index in [1.807, 2.05) is 0 Å². The maximum Gasteiger partial charge on any atom is 0.329 e. The number of nitrogens with two attached hydrogens (primary N) is 2. The number of carbonyl (C=O) groups is 1. The van der Waals surface area contributed by atoms with Crippen molar-refractivity contribution in [3.8, 4) is 0 Å². The molecule has 2 unspecified atom stereocenters. The summed E-state index contributed by atoms with van der Waals surface area (Å²) in [5.74, 6) is 7.48. The lowest BCUT2D eigenvalue weighted by molar-refractivity contribution is -0.0858. The normalized spacial score (nSPS) is 39.0. The van der Waals surface area contributed by atoms with E-state index in [0.717, 1.165) is 19.3 Å². The van der Waals surface area contributed by atoms with Crippen molar-refractivity contribution < 1.29 is 4.79 Å². The van der Waals surface area contributed by atoms with Crippen LogP contribution in [0.15, 0.2) is 24.3 Å². The molecule has 4 bridgehead atoms. The Morgan fingerprint density at radius 2 is 1.73 bits per heavy atom. The molecule has 0 saturated heterocycles. The molecule has 1 aromatic rings. The van der Waals surface area contributed by atoms with Crippen LogP contribution in [0.25, 0.3) is 0 Å². The van der Waals surface area contributed by atoms with E-state index in [0.29, 0.717) is 11.8 Å². The second kappa shape index (κ2) is 4.48. The van der Waals surface area contributed by atoms with E-state index in [2.05, 4.69) is 31.2 Å². The predicted molar refractivity (Wildman–Crippen MR) is 85.9 cm³/mol. The summed E-state index contributed by atoms with van der Waals surface area (Å²) in [4.78, 5) is 11.7. The molecule has 1 aromatic carbocycles. The molecule has 22 heavy (non-hydrogen) atoms. The molecule has 4 N–H and O–H groups in total. The summed E-state index contributed by atoms with van der Waals surface area (Å²) in [6.07, 6.45) is 6.78. The van der Waals surface area contributed by atoms with Crippen LogP contribution in [0.5, 0.6) is 0 Å². The Kier molecular flexibility index (Phi) is 2.86. The number of carbonyl (C=O) groups excluding carboxylic acids is 1. The van der Waals surface area contributed by atoms with Gasteiger partial charge in [0.05, 0.1) is 5.54 Å². The van der Waals surface area contributed by atoms with Gasteiger partial charge in [-0.3, -0.25) is 5.01 Å². The molecule has 4 fully saturated rings. The molecule has 2 amide bonds. The third kappa shape index (κ3) is 1.89. The van der Waals surface area contributed by atoms with Crippen molar-refractivity contribution in [1.29, 1.82) is 0 Å². The Balaban J connectivity index is 1.76. The maximum atomic E-state index is 11.7. The van der Waals surface area contributed by atoms with Gasteiger partial charge in [0.1, 0.15) is 0 Å². The van der Waals surface area contributed by atoms with Crippen molar-refractivity contribution in [1.82, 2.24) is 5.01 Å². The molecule has 4 aliphatic carbocycles. The van der Waals surface area contributed by atoms with Gasteiger partial charge in [0, 0.05) is 0 Å². The van der Waals surface area contributed by atoms with Crippen molar-refractivity contribution in [2.75, 3.05) is 0 Å². The highest BCUT2D eigenvalue weighted by atomic mass is 16.2. The van der Waals surface area contributed by atoms with E-state index in [-0.39, 0.29) is 11.0 Å². The average Bonchev–Trinajstić information content (AvgIpc) is 2.45. The first-order valence-electron chi connectivity index (χ1n) is 8.34. The lowest BCUT2D eigenvalue weighted by Crippen LogP contribution is -2.68. The van der Waals surface area contributed by atoms with Crippen molar-refractivity contribution >= 4 is 6.03 Å². The van der Waals surface area contributed by atoms with Crippen LogP contribution in [-0.2, 0) is 5.41 Å². The molecule has 0 aromatic heterocycles. The van der Waals surface area contributed by atoms with E-state index in [1.54, 1.807) is 0 Å². The third-order valence-electron chi connectivity index (χ3n) is 6.44. The number of urea groups is 1. The van der Waals surface area contributed by atoms with Gasteiger partial charge in [-0.05, 0) is 68.3 Å². The fourth-order valence-corrected chi connectivity index (χ4v) is 5.97. The fourth-order valence-electron chi connectivity index (χ4n) is 5.97. The highest BCUT2D eigenvalue weighted by Gasteiger charge is 2.60. The molecule has 0 spiro atoms. The Hall–Kier alpha value is -1.55. The van der Waals surface area contributed by atoms with E-state index in [1.165, 1.54) is 35.4 Å². The minimum Gasteiger partial charge on any atom is -0.350 e. The first kappa shape index (κ1) is 14.1. The highest BCUT2D eigenvalue weighted by molar-refractivity contribution is 5.72. The lowest BCUT2D eigenvalue weighted by atomic mass is 9.45. The number of rotatable bonds is 2. The van der Waals surface area contributed by atoms with Gasteiger partial charge in [0.25, 0.3) is 0 Å². The maximum absolute atomic E-state index is 11.7. The van der Waals surface area contributed by atoms with Crippen LogP contribution in [-0.4, -0.2) is 16.6 Å². The minimum absolute atomic E-state index is 0.185. The van der Waals surface area contributed by atoms with Crippen molar-refractivity contribution in [3.05, 3.63) is 35.4 Å². The molecule has 2 atom stereocenters. The molecule has 118 valence electrons. The first-order chi connectivity index (χ1) is 10.4. The van der Waals surface area contributed by atoms with Gasteiger partial charge in [0.2, 0.25) is 0 Å². The number of nitrogens with zero attached hydrogens (tertiary/aromatic N) is 1. The molecule has 4 aliphatic rings. The highest BCUT2D eigenvalue weighted by Crippen LogP contribution is 2.63. The van der Waals surface area contributed by atoms with Gasteiger partial charge in [0.15, 0.2) is 0 Å². The van der Waals surface area contributed by atoms with Crippen molar-refractivity contribution in [2.24, 2.45) is 23.4 Å². The molecular weight excluding hydrogens is 274 g/mol. The van der Waals surface area contributed by atoms with Gasteiger partial charge in [-0.25, -0.2) is 10.6 Å². The zero-order chi connectivity index (χ0) is 15.5. The predicted octanol–water partition coefficient (Wildman–Crippen LogP) is 2.84. The molecule has 4 nitrogen and oxygen atoms in total. The SMILES string of the molecule is Cc1ccc(C23CC4CC(C2)CC(N(N)C(N)=O)(C4)C3)cc1. The monoisotopic (exact) mass is 299 g/mol. The van der Waals surface area contributed by atoms with Crippen LogP contribution in [0.1, 0.15) is 49.7 Å². The third-order valence-corrected chi connectivity index (χ3v) is 6.44. The van der Waals surface area contributed by atoms with Crippen LogP contribution < -0.4 is 11.6 Å². The van der Waals surface area contributed by atoms with Crippen LogP contribution in [0.3, 0.4) is 0 Å². The number of hydrazine groups is 1. The smallest absolute Gasteiger partial charge is 0.329 e.